The topological polar surface area (TPSA) is 24.7 Å². The van der Waals surface area contributed by atoms with Crippen LogP contribution in [0, 0.1) is 11.8 Å². The third-order valence-electron chi connectivity index (χ3n) is 6.34. The van der Waals surface area contributed by atoms with Crippen LogP contribution < -0.4 is 0 Å². The third-order valence-corrected chi connectivity index (χ3v) is 7.49. The van der Waals surface area contributed by atoms with Gasteiger partial charge in [0.2, 0.25) is 0 Å². The molecule has 0 aromatic heterocycles. The van der Waals surface area contributed by atoms with Gasteiger partial charge in [-0.15, -0.1) is 0 Å². The first-order chi connectivity index (χ1) is 11.6. The summed E-state index contributed by atoms with van der Waals surface area (Å²) in [6.07, 6.45) is 3.40. The standard InChI is InChI=1S/C20H18Cl2N2/c21-20(22)18(14-8-3-1-4-9-14)16-12-7-13-17(16)19(20,24-23-18)15-10-5-2-6-11-15/h1-6,8-11,16-17H,7,12-13H2/t16-,17+,18-,19+. The fourth-order valence-electron chi connectivity index (χ4n) is 5.44. The molecule has 0 unspecified atom stereocenters. The summed E-state index contributed by atoms with van der Waals surface area (Å²) in [6.45, 7) is 0. The minimum Gasteiger partial charge on any atom is -0.178 e. The molecule has 4 heteroatoms. The van der Waals surface area contributed by atoms with E-state index in [1.54, 1.807) is 0 Å². The highest BCUT2D eigenvalue weighted by Gasteiger charge is 2.81. The van der Waals surface area contributed by atoms with E-state index in [-0.39, 0.29) is 0 Å². The summed E-state index contributed by atoms with van der Waals surface area (Å²) in [5, 5.41) is 9.62. The van der Waals surface area contributed by atoms with E-state index in [0.29, 0.717) is 11.8 Å². The van der Waals surface area contributed by atoms with Crippen molar-refractivity contribution in [3.8, 4) is 0 Å². The molecule has 0 amide bonds. The van der Waals surface area contributed by atoms with Crippen LogP contribution in [0.2, 0.25) is 0 Å². The molecule has 2 aliphatic carbocycles. The molecular weight excluding hydrogens is 339 g/mol. The molecule has 2 aromatic rings. The summed E-state index contributed by atoms with van der Waals surface area (Å²) >= 11 is 14.4. The normalized spacial score (nSPS) is 38.4. The van der Waals surface area contributed by atoms with Gasteiger partial charge in [0.05, 0.1) is 0 Å². The quantitative estimate of drug-likeness (QED) is 0.603. The average Bonchev–Trinajstić information content (AvgIpc) is 3.24. The highest BCUT2D eigenvalue weighted by molar-refractivity contribution is 6.51. The molecule has 2 bridgehead atoms. The first-order valence-corrected chi connectivity index (χ1v) is 9.33. The van der Waals surface area contributed by atoms with Gasteiger partial charge < -0.3 is 0 Å². The maximum absolute atomic E-state index is 7.19. The Bertz CT molecular complexity index is 739. The Balaban J connectivity index is 1.80. The number of benzene rings is 2. The van der Waals surface area contributed by atoms with Crippen molar-refractivity contribution in [1.82, 2.24) is 0 Å². The molecule has 24 heavy (non-hydrogen) atoms. The molecule has 5 rings (SSSR count). The number of hydrogen-bond acceptors (Lipinski definition) is 2. The van der Waals surface area contributed by atoms with E-state index in [2.05, 4.69) is 24.3 Å². The average molecular weight is 357 g/mol. The van der Waals surface area contributed by atoms with Crippen LogP contribution in [0.5, 0.6) is 0 Å². The molecule has 0 saturated heterocycles. The molecule has 2 nitrogen and oxygen atoms in total. The molecule has 1 heterocycles. The van der Waals surface area contributed by atoms with Crippen molar-refractivity contribution in [1.29, 1.82) is 0 Å². The summed E-state index contributed by atoms with van der Waals surface area (Å²) < 4.78 is -1.07. The number of nitrogens with zero attached hydrogens (tertiary/aromatic N) is 2. The van der Waals surface area contributed by atoms with Gasteiger partial charge in [-0.25, -0.2) is 0 Å². The molecule has 0 radical (unpaired) electrons. The number of halogens is 2. The van der Waals surface area contributed by atoms with Gasteiger partial charge in [-0.3, -0.25) is 0 Å². The van der Waals surface area contributed by atoms with Crippen LogP contribution in [0.15, 0.2) is 70.9 Å². The predicted molar refractivity (Wildman–Crippen MR) is 96.4 cm³/mol. The van der Waals surface area contributed by atoms with Crippen LogP contribution in [0.4, 0.5) is 0 Å². The molecule has 2 aromatic carbocycles. The predicted octanol–water partition coefficient (Wildman–Crippen LogP) is 5.85. The van der Waals surface area contributed by atoms with Crippen LogP contribution in [0.1, 0.15) is 30.4 Å². The molecule has 4 atom stereocenters. The second-order valence-corrected chi connectivity index (χ2v) is 8.51. The van der Waals surface area contributed by atoms with Gasteiger partial charge in [-0.05, 0) is 35.8 Å². The number of fused-ring (bicyclic) bond motifs is 5. The fourth-order valence-corrected chi connectivity index (χ4v) is 6.59. The molecule has 122 valence electrons. The lowest BCUT2D eigenvalue weighted by Gasteiger charge is -2.37. The molecular formula is C20H18Cl2N2. The van der Waals surface area contributed by atoms with E-state index in [0.717, 1.165) is 24.0 Å². The molecule has 2 saturated carbocycles. The lowest BCUT2D eigenvalue weighted by Crippen LogP contribution is -2.46. The summed E-state index contributed by atoms with van der Waals surface area (Å²) in [5.74, 6) is 0.681. The van der Waals surface area contributed by atoms with E-state index in [4.69, 9.17) is 33.4 Å². The number of azo groups is 1. The van der Waals surface area contributed by atoms with Crippen molar-refractivity contribution in [2.45, 2.75) is 34.7 Å². The minimum atomic E-state index is -1.07. The Morgan fingerprint density at radius 1 is 0.708 bits per heavy atom. The summed E-state index contributed by atoms with van der Waals surface area (Å²) in [5.41, 5.74) is 0.889. The van der Waals surface area contributed by atoms with Gasteiger partial charge in [0, 0.05) is 0 Å². The van der Waals surface area contributed by atoms with Crippen LogP contribution in [0.25, 0.3) is 0 Å². The summed E-state index contributed by atoms with van der Waals surface area (Å²) in [4.78, 5) is 0. The zero-order valence-electron chi connectivity index (χ0n) is 13.2. The van der Waals surface area contributed by atoms with Crippen molar-refractivity contribution in [2.75, 3.05) is 0 Å². The lowest BCUT2D eigenvalue weighted by molar-refractivity contribution is 0.234. The summed E-state index contributed by atoms with van der Waals surface area (Å²) in [7, 11) is 0. The highest BCUT2D eigenvalue weighted by Crippen LogP contribution is 2.77. The van der Waals surface area contributed by atoms with E-state index in [9.17, 15) is 0 Å². The maximum atomic E-state index is 7.19. The first kappa shape index (κ1) is 14.9. The Morgan fingerprint density at radius 2 is 1.12 bits per heavy atom. The monoisotopic (exact) mass is 356 g/mol. The zero-order chi connectivity index (χ0) is 16.4. The number of alkyl halides is 2. The SMILES string of the molecule is ClC1(Cl)[C@]2(c3ccccc3)N=N[C@@]1(c1ccccc1)[C@H]1CCC[C@H]12. The van der Waals surface area contributed by atoms with Crippen molar-refractivity contribution >= 4 is 23.2 Å². The van der Waals surface area contributed by atoms with E-state index < -0.39 is 15.4 Å². The number of hydrogen-bond donors (Lipinski definition) is 0. The zero-order valence-corrected chi connectivity index (χ0v) is 14.7. The Hall–Kier alpha value is -1.38. The highest BCUT2D eigenvalue weighted by atomic mass is 35.5. The second kappa shape index (κ2) is 4.83. The van der Waals surface area contributed by atoms with E-state index in [1.165, 1.54) is 6.42 Å². The van der Waals surface area contributed by atoms with Crippen molar-refractivity contribution < 1.29 is 0 Å². The maximum Gasteiger partial charge on any atom is 0.180 e. The van der Waals surface area contributed by atoms with Crippen LogP contribution in [0.3, 0.4) is 0 Å². The third kappa shape index (κ3) is 1.46. The molecule has 0 N–H and O–H groups in total. The second-order valence-electron chi connectivity index (χ2n) is 7.18. The van der Waals surface area contributed by atoms with Gasteiger partial charge in [0.25, 0.3) is 0 Å². The van der Waals surface area contributed by atoms with E-state index in [1.807, 2.05) is 36.4 Å². The first-order valence-electron chi connectivity index (χ1n) is 8.57. The number of rotatable bonds is 2. The van der Waals surface area contributed by atoms with Gasteiger partial charge in [0.1, 0.15) is 11.1 Å². The molecule has 1 aliphatic heterocycles. The van der Waals surface area contributed by atoms with Gasteiger partial charge in [-0.1, -0.05) is 90.3 Å². The Morgan fingerprint density at radius 3 is 1.54 bits per heavy atom. The lowest BCUT2D eigenvalue weighted by atomic mass is 9.78. The van der Waals surface area contributed by atoms with Crippen molar-refractivity contribution in [3.05, 3.63) is 71.8 Å². The smallest absolute Gasteiger partial charge is 0.178 e. The van der Waals surface area contributed by atoms with Gasteiger partial charge in [0.15, 0.2) is 4.33 Å². The van der Waals surface area contributed by atoms with Gasteiger partial charge in [-0.2, -0.15) is 10.2 Å². The van der Waals surface area contributed by atoms with Crippen molar-refractivity contribution in [2.24, 2.45) is 22.1 Å². The summed E-state index contributed by atoms with van der Waals surface area (Å²) in [6, 6.07) is 20.6. The van der Waals surface area contributed by atoms with Crippen LogP contribution in [-0.4, -0.2) is 4.33 Å². The molecule has 0 spiro atoms. The van der Waals surface area contributed by atoms with Crippen LogP contribution >= 0.6 is 23.2 Å². The minimum absolute atomic E-state index is 0.340. The Kier molecular flexibility index (Phi) is 3.00. The largest absolute Gasteiger partial charge is 0.180 e. The van der Waals surface area contributed by atoms with Gasteiger partial charge >= 0.3 is 0 Å². The molecule has 3 aliphatic rings. The Labute approximate surface area is 151 Å². The van der Waals surface area contributed by atoms with E-state index >= 15 is 0 Å². The van der Waals surface area contributed by atoms with Crippen LogP contribution in [-0.2, 0) is 11.1 Å². The van der Waals surface area contributed by atoms with Crippen molar-refractivity contribution in [3.63, 3.8) is 0 Å². The fraction of sp³-hybridized carbons (Fsp3) is 0.400. The molecule has 2 fully saturated rings.